The lowest BCUT2D eigenvalue weighted by atomic mass is 9.83. The zero-order valence-electron chi connectivity index (χ0n) is 17.1. The molecule has 0 aliphatic heterocycles. The lowest BCUT2D eigenvalue weighted by Crippen LogP contribution is -2.27. The monoisotopic (exact) mass is 419 g/mol. The van der Waals surface area contributed by atoms with Crippen molar-refractivity contribution in [2.24, 2.45) is 16.8 Å². The van der Waals surface area contributed by atoms with E-state index in [9.17, 15) is 13.6 Å². The number of amidine groups is 1. The van der Waals surface area contributed by atoms with Gasteiger partial charge in [-0.2, -0.15) is 5.10 Å². The highest BCUT2D eigenvalue weighted by Gasteiger charge is 2.45. The summed E-state index contributed by atoms with van der Waals surface area (Å²) < 4.78 is 33.0. The third kappa shape index (κ3) is 5.14. The molecule has 1 saturated carbocycles. The number of anilines is 1. The summed E-state index contributed by atoms with van der Waals surface area (Å²) in [5, 5.41) is 10.5. The molecule has 1 aliphatic rings. The van der Waals surface area contributed by atoms with Crippen molar-refractivity contribution >= 4 is 17.6 Å². The number of nitrogens with two attached hydrogens (primary N) is 1. The van der Waals surface area contributed by atoms with Crippen LogP contribution in [-0.2, 0) is 11.2 Å². The van der Waals surface area contributed by atoms with E-state index >= 15 is 0 Å². The smallest absolute Gasteiger partial charge is 0.248 e. The number of carbonyl (C=O) groups excluding carboxylic acids is 1. The quantitative estimate of drug-likeness (QED) is 0.344. The third-order valence-corrected chi connectivity index (χ3v) is 5.30. The predicted molar refractivity (Wildman–Crippen MR) is 110 cm³/mol. The molecule has 30 heavy (non-hydrogen) atoms. The third-order valence-electron chi connectivity index (χ3n) is 5.30. The Bertz CT molecular complexity index is 895. The molecule has 1 aromatic carbocycles. The van der Waals surface area contributed by atoms with E-state index in [-0.39, 0.29) is 31.1 Å². The van der Waals surface area contributed by atoms with Gasteiger partial charge in [-0.05, 0) is 24.3 Å². The van der Waals surface area contributed by atoms with Crippen LogP contribution in [0.1, 0.15) is 55.3 Å². The molecule has 0 saturated heterocycles. The van der Waals surface area contributed by atoms with Gasteiger partial charge in [0, 0.05) is 31.5 Å². The number of amides is 1. The lowest BCUT2D eigenvalue weighted by molar-refractivity contribution is -0.119. The molecule has 0 bridgehead atoms. The molecule has 7 nitrogen and oxygen atoms in total. The first-order valence-electron chi connectivity index (χ1n) is 10.1. The average Bonchev–Trinajstić information content (AvgIpc) is 3.29. The molecule has 3 rings (SSSR count). The van der Waals surface area contributed by atoms with Crippen molar-refractivity contribution in [1.82, 2.24) is 10.6 Å². The van der Waals surface area contributed by atoms with Crippen LogP contribution in [-0.4, -0.2) is 29.9 Å². The van der Waals surface area contributed by atoms with Crippen LogP contribution in [0.5, 0.6) is 0 Å². The summed E-state index contributed by atoms with van der Waals surface area (Å²) >= 11 is 0. The molecule has 1 heterocycles. The Hall–Kier alpha value is -2.97. The van der Waals surface area contributed by atoms with Crippen LogP contribution < -0.4 is 16.5 Å². The molecule has 0 spiro atoms. The predicted octanol–water partition coefficient (Wildman–Crippen LogP) is 3.62. The van der Waals surface area contributed by atoms with Crippen molar-refractivity contribution in [1.29, 1.82) is 0 Å². The number of aromatic nitrogens is 1. The second-order valence-corrected chi connectivity index (χ2v) is 7.60. The van der Waals surface area contributed by atoms with Gasteiger partial charge in [-0.3, -0.25) is 10.1 Å². The maximum absolute atomic E-state index is 13.9. The fraction of sp³-hybridized carbons (Fsp3) is 0.476. The summed E-state index contributed by atoms with van der Waals surface area (Å²) in [4.78, 5) is 13.1. The molecule has 1 amide bonds. The van der Waals surface area contributed by atoms with Crippen molar-refractivity contribution < 1.29 is 18.1 Å². The van der Waals surface area contributed by atoms with Gasteiger partial charge in [-0.15, -0.1) is 0 Å². The van der Waals surface area contributed by atoms with Gasteiger partial charge in [-0.25, -0.2) is 8.78 Å². The molecule has 9 heteroatoms. The topological polar surface area (TPSA) is 106 Å². The Kier molecular flexibility index (Phi) is 6.69. The van der Waals surface area contributed by atoms with Gasteiger partial charge < -0.3 is 15.7 Å². The van der Waals surface area contributed by atoms with E-state index in [1.165, 1.54) is 0 Å². The highest BCUT2D eigenvalue weighted by molar-refractivity contribution is 5.98. The van der Waals surface area contributed by atoms with Crippen molar-refractivity contribution in [3.8, 4) is 0 Å². The van der Waals surface area contributed by atoms with Crippen molar-refractivity contribution in [2.75, 3.05) is 12.4 Å². The molecule has 1 aliphatic carbocycles. The molecular weight excluding hydrogens is 392 g/mol. The number of benzene rings is 1. The Balaban J connectivity index is 1.84. The van der Waals surface area contributed by atoms with Crippen molar-refractivity contribution in [3.63, 3.8) is 0 Å². The van der Waals surface area contributed by atoms with Crippen LogP contribution in [0.25, 0.3) is 0 Å². The van der Waals surface area contributed by atoms with Gasteiger partial charge in [0.25, 0.3) is 0 Å². The van der Waals surface area contributed by atoms with Crippen molar-refractivity contribution in [3.05, 3.63) is 47.2 Å². The number of aryl methyl sites for hydroxylation is 1. The number of nitrogens with one attached hydrogen (secondary N) is 2. The first kappa shape index (κ1) is 21.7. The number of nitrogens with zero attached hydrogens (tertiary/aromatic N) is 2. The number of hydrogen-bond acceptors (Lipinski definition) is 5. The number of alkyl halides is 2. The number of carbonyl (C=O) groups is 1. The summed E-state index contributed by atoms with van der Waals surface area (Å²) in [6.45, 7) is 2.01. The summed E-state index contributed by atoms with van der Waals surface area (Å²) in [7, 11) is 1.64. The van der Waals surface area contributed by atoms with E-state index in [2.05, 4.69) is 21.0 Å². The highest BCUT2D eigenvalue weighted by Crippen LogP contribution is 2.45. The Morgan fingerprint density at radius 2 is 2.13 bits per heavy atom. The summed E-state index contributed by atoms with van der Waals surface area (Å²) in [6.07, 6.45) is 1.35. The van der Waals surface area contributed by atoms with E-state index in [1.54, 1.807) is 37.4 Å². The molecule has 2 aromatic rings. The minimum Gasteiger partial charge on any atom is -0.382 e. The molecule has 162 valence electrons. The summed E-state index contributed by atoms with van der Waals surface area (Å²) in [6, 6.07) is 8.59. The van der Waals surface area contributed by atoms with Crippen LogP contribution in [0.2, 0.25) is 0 Å². The SMILES string of the molecule is CCCc1cc(NC(=O)C(c2ccc(/C(N)=N/NC)cc2)C2CCC(F)(F)C2)on1. The van der Waals surface area contributed by atoms with Gasteiger partial charge in [0.1, 0.15) is 0 Å². The van der Waals surface area contributed by atoms with E-state index in [4.69, 9.17) is 10.3 Å². The maximum Gasteiger partial charge on any atom is 0.248 e. The number of halogens is 2. The van der Waals surface area contributed by atoms with Crippen LogP contribution in [0.15, 0.2) is 40.0 Å². The average molecular weight is 419 g/mol. The first-order chi connectivity index (χ1) is 14.3. The number of rotatable bonds is 8. The fourth-order valence-corrected chi connectivity index (χ4v) is 3.90. The van der Waals surface area contributed by atoms with Gasteiger partial charge >= 0.3 is 0 Å². The summed E-state index contributed by atoms with van der Waals surface area (Å²) in [5.74, 6) is -3.85. The zero-order valence-corrected chi connectivity index (χ0v) is 17.1. The first-order valence-corrected chi connectivity index (χ1v) is 10.1. The number of hydrogen-bond donors (Lipinski definition) is 3. The molecule has 0 radical (unpaired) electrons. The Morgan fingerprint density at radius 3 is 2.73 bits per heavy atom. The highest BCUT2D eigenvalue weighted by atomic mass is 19.3. The van der Waals surface area contributed by atoms with E-state index in [0.29, 0.717) is 17.0 Å². The second-order valence-electron chi connectivity index (χ2n) is 7.60. The minimum absolute atomic E-state index is 0.218. The van der Waals surface area contributed by atoms with Crippen LogP contribution in [0.4, 0.5) is 14.7 Å². The zero-order chi connectivity index (χ0) is 21.7. The van der Waals surface area contributed by atoms with E-state index < -0.39 is 17.8 Å². The molecule has 1 aromatic heterocycles. The Labute approximate surface area is 174 Å². The molecule has 1 fully saturated rings. The standard InChI is InChI=1S/C21H27F2N5O2/c1-3-4-16-11-17(30-28-16)26-20(29)18(15-9-10-21(22,23)12-15)13-5-7-14(8-6-13)19(24)27-25-2/h5-8,11,15,18,25H,3-4,9-10,12H2,1-2H3,(H2,24,27)(H,26,29). The summed E-state index contributed by atoms with van der Waals surface area (Å²) in [5.41, 5.74) is 10.5. The van der Waals surface area contributed by atoms with Crippen molar-refractivity contribution in [2.45, 2.75) is 50.9 Å². The molecule has 2 atom stereocenters. The largest absolute Gasteiger partial charge is 0.382 e. The van der Waals surface area contributed by atoms with Gasteiger partial charge in [0.15, 0.2) is 5.84 Å². The van der Waals surface area contributed by atoms with Gasteiger partial charge in [0.2, 0.25) is 17.7 Å². The van der Waals surface area contributed by atoms with Crippen LogP contribution >= 0.6 is 0 Å². The van der Waals surface area contributed by atoms with Crippen LogP contribution in [0, 0.1) is 5.92 Å². The van der Waals surface area contributed by atoms with E-state index in [0.717, 1.165) is 18.5 Å². The fourth-order valence-electron chi connectivity index (χ4n) is 3.90. The van der Waals surface area contributed by atoms with Gasteiger partial charge in [-0.1, -0.05) is 42.8 Å². The second kappa shape index (κ2) is 9.23. The normalized spacial score (nSPS) is 19.5. The van der Waals surface area contributed by atoms with E-state index in [1.807, 2.05) is 6.92 Å². The molecular formula is C21H27F2N5O2. The van der Waals surface area contributed by atoms with Crippen LogP contribution in [0.3, 0.4) is 0 Å². The maximum atomic E-state index is 13.9. The van der Waals surface area contributed by atoms with Gasteiger partial charge in [0.05, 0.1) is 11.6 Å². The minimum atomic E-state index is -2.76. The molecule has 2 unspecified atom stereocenters. The molecule has 4 N–H and O–H groups in total. The Morgan fingerprint density at radius 1 is 1.40 bits per heavy atom. The lowest BCUT2D eigenvalue weighted by Gasteiger charge is -2.23. The number of hydrazone groups is 1.